The first kappa shape index (κ1) is 12.0. The summed E-state index contributed by atoms with van der Waals surface area (Å²) in [5, 5.41) is 0. The molecule has 2 unspecified atom stereocenters. The van der Waals surface area contributed by atoms with Crippen molar-refractivity contribution in [1.29, 1.82) is 0 Å². The minimum absolute atomic E-state index is 0.535. The molecule has 0 aromatic carbocycles. The number of unbranched alkanes of at least 4 members (excludes halogenated alkanes) is 3. The molecular formula is C13H27N. The Balaban J connectivity index is 2.24. The van der Waals surface area contributed by atoms with Gasteiger partial charge in [0.2, 0.25) is 0 Å². The predicted octanol–water partition coefficient (Wildman–Crippen LogP) is 3.72. The molecule has 0 spiro atoms. The van der Waals surface area contributed by atoms with Gasteiger partial charge >= 0.3 is 0 Å². The third-order valence-corrected chi connectivity index (χ3v) is 3.94. The molecule has 0 aromatic heterocycles. The van der Waals surface area contributed by atoms with Gasteiger partial charge in [-0.15, -0.1) is 0 Å². The van der Waals surface area contributed by atoms with Gasteiger partial charge in [-0.05, 0) is 37.1 Å². The molecule has 1 rings (SSSR count). The van der Waals surface area contributed by atoms with Crippen LogP contribution in [-0.2, 0) is 0 Å². The van der Waals surface area contributed by atoms with Crippen molar-refractivity contribution in [2.75, 3.05) is 6.54 Å². The van der Waals surface area contributed by atoms with E-state index in [0.717, 1.165) is 12.5 Å². The molecule has 1 nitrogen and oxygen atoms in total. The maximum absolute atomic E-state index is 5.95. The van der Waals surface area contributed by atoms with Gasteiger partial charge in [0, 0.05) is 0 Å². The van der Waals surface area contributed by atoms with E-state index < -0.39 is 0 Å². The van der Waals surface area contributed by atoms with Crippen LogP contribution in [0.25, 0.3) is 0 Å². The van der Waals surface area contributed by atoms with Crippen LogP contribution < -0.4 is 5.73 Å². The quantitative estimate of drug-likeness (QED) is 0.645. The first-order valence-electron chi connectivity index (χ1n) is 6.42. The van der Waals surface area contributed by atoms with E-state index in [-0.39, 0.29) is 0 Å². The molecule has 1 aliphatic carbocycles. The standard InChI is InChI=1S/C13H27N/c1-3-4-5-6-8-13(11-14)9-7-12(2)10-13/h12H,3-11,14H2,1-2H3. The van der Waals surface area contributed by atoms with E-state index in [1.165, 1.54) is 51.4 Å². The summed E-state index contributed by atoms with van der Waals surface area (Å²) in [4.78, 5) is 0. The van der Waals surface area contributed by atoms with Gasteiger partial charge in [0.15, 0.2) is 0 Å². The Morgan fingerprint density at radius 2 is 2.07 bits per heavy atom. The van der Waals surface area contributed by atoms with Crippen molar-refractivity contribution < 1.29 is 0 Å². The SMILES string of the molecule is CCCCCCC1(CN)CCC(C)C1. The molecule has 1 heteroatoms. The lowest BCUT2D eigenvalue weighted by Crippen LogP contribution is -2.27. The van der Waals surface area contributed by atoms with Crippen molar-refractivity contribution >= 4 is 0 Å². The largest absolute Gasteiger partial charge is 0.330 e. The normalized spacial score (nSPS) is 32.4. The highest BCUT2D eigenvalue weighted by Crippen LogP contribution is 2.44. The van der Waals surface area contributed by atoms with Gasteiger partial charge in [-0.1, -0.05) is 46.0 Å². The van der Waals surface area contributed by atoms with Crippen LogP contribution in [0.4, 0.5) is 0 Å². The van der Waals surface area contributed by atoms with Crippen molar-refractivity contribution in [2.24, 2.45) is 17.1 Å². The molecule has 1 saturated carbocycles. The fourth-order valence-corrected chi connectivity index (χ4v) is 2.94. The minimum atomic E-state index is 0.535. The van der Waals surface area contributed by atoms with E-state index >= 15 is 0 Å². The zero-order chi connectivity index (χ0) is 10.4. The Morgan fingerprint density at radius 3 is 2.57 bits per heavy atom. The minimum Gasteiger partial charge on any atom is -0.330 e. The summed E-state index contributed by atoms with van der Waals surface area (Å²) in [6, 6.07) is 0. The van der Waals surface area contributed by atoms with Crippen LogP contribution in [-0.4, -0.2) is 6.54 Å². The first-order chi connectivity index (χ1) is 6.72. The van der Waals surface area contributed by atoms with Gasteiger partial charge in [0.05, 0.1) is 0 Å². The van der Waals surface area contributed by atoms with E-state index in [4.69, 9.17) is 5.73 Å². The molecule has 0 aliphatic heterocycles. The van der Waals surface area contributed by atoms with Gasteiger partial charge in [-0.2, -0.15) is 0 Å². The van der Waals surface area contributed by atoms with Crippen LogP contribution in [0.15, 0.2) is 0 Å². The maximum atomic E-state index is 5.95. The zero-order valence-corrected chi connectivity index (χ0v) is 10.0. The van der Waals surface area contributed by atoms with Crippen molar-refractivity contribution in [3.8, 4) is 0 Å². The summed E-state index contributed by atoms with van der Waals surface area (Å²) < 4.78 is 0. The summed E-state index contributed by atoms with van der Waals surface area (Å²) in [6.07, 6.45) is 11.1. The highest BCUT2D eigenvalue weighted by molar-refractivity contribution is 4.88. The molecule has 1 fully saturated rings. The third-order valence-electron chi connectivity index (χ3n) is 3.94. The molecule has 0 bridgehead atoms. The Kier molecular flexibility index (Phi) is 4.94. The number of nitrogens with two attached hydrogens (primary N) is 1. The summed E-state index contributed by atoms with van der Waals surface area (Å²) in [6.45, 7) is 5.57. The second-order valence-corrected chi connectivity index (χ2v) is 5.36. The van der Waals surface area contributed by atoms with E-state index in [2.05, 4.69) is 13.8 Å². The Morgan fingerprint density at radius 1 is 1.29 bits per heavy atom. The van der Waals surface area contributed by atoms with Crippen LogP contribution in [0.1, 0.15) is 65.2 Å². The summed E-state index contributed by atoms with van der Waals surface area (Å²) >= 11 is 0. The summed E-state index contributed by atoms with van der Waals surface area (Å²) in [5.41, 5.74) is 6.48. The molecule has 84 valence electrons. The lowest BCUT2D eigenvalue weighted by Gasteiger charge is -2.27. The van der Waals surface area contributed by atoms with Gasteiger partial charge in [0.1, 0.15) is 0 Å². The average Bonchev–Trinajstić information content (AvgIpc) is 2.56. The van der Waals surface area contributed by atoms with Crippen molar-refractivity contribution in [3.05, 3.63) is 0 Å². The number of hydrogen-bond donors (Lipinski definition) is 1. The fraction of sp³-hybridized carbons (Fsp3) is 1.00. The predicted molar refractivity (Wildman–Crippen MR) is 63.3 cm³/mol. The van der Waals surface area contributed by atoms with Gasteiger partial charge < -0.3 is 5.73 Å². The molecule has 0 amide bonds. The van der Waals surface area contributed by atoms with E-state index in [0.29, 0.717) is 5.41 Å². The maximum Gasteiger partial charge on any atom is -0.00204 e. The zero-order valence-electron chi connectivity index (χ0n) is 10.0. The Bertz CT molecular complexity index is 155. The lowest BCUT2D eigenvalue weighted by molar-refractivity contribution is 0.262. The first-order valence-corrected chi connectivity index (χ1v) is 6.42. The molecule has 0 aromatic rings. The summed E-state index contributed by atoms with van der Waals surface area (Å²) in [5.74, 6) is 0.921. The van der Waals surface area contributed by atoms with Crippen molar-refractivity contribution in [1.82, 2.24) is 0 Å². The molecule has 2 atom stereocenters. The Labute approximate surface area is 89.5 Å². The van der Waals surface area contributed by atoms with Gasteiger partial charge in [-0.25, -0.2) is 0 Å². The van der Waals surface area contributed by atoms with Crippen LogP contribution in [0.5, 0.6) is 0 Å². The van der Waals surface area contributed by atoms with Crippen LogP contribution in [0.3, 0.4) is 0 Å². The third kappa shape index (κ3) is 3.27. The van der Waals surface area contributed by atoms with Crippen LogP contribution in [0.2, 0.25) is 0 Å². The summed E-state index contributed by atoms with van der Waals surface area (Å²) in [7, 11) is 0. The molecule has 1 aliphatic rings. The van der Waals surface area contributed by atoms with Crippen molar-refractivity contribution in [3.63, 3.8) is 0 Å². The number of hydrogen-bond acceptors (Lipinski definition) is 1. The molecular weight excluding hydrogens is 170 g/mol. The highest BCUT2D eigenvalue weighted by atomic mass is 14.6. The molecule has 14 heavy (non-hydrogen) atoms. The fourth-order valence-electron chi connectivity index (χ4n) is 2.94. The molecule has 0 saturated heterocycles. The average molecular weight is 197 g/mol. The van der Waals surface area contributed by atoms with Crippen LogP contribution in [0, 0.1) is 11.3 Å². The Hall–Kier alpha value is -0.0400. The number of rotatable bonds is 6. The van der Waals surface area contributed by atoms with E-state index in [1.807, 2.05) is 0 Å². The lowest BCUT2D eigenvalue weighted by atomic mass is 9.80. The van der Waals surface area contributed by atoms with Crippen LogP contribution >= 0.6 is 0 Å². The van der Waals surface area contributed by atoms with Crippen molar-refractivity contribution in [2.45, 2.75) is 65.2 Å². The smallest absolute Gasteiger partial charge is 0.00204 e. The van der Waals surface area contributed by atoms with Gasteiger partial charge in [-0.3, -0.25) is 0 Å². The highest BCUT2D eigenvalue weighted by Gasteiger charge is 2.35. The van der Waals surface area contributed by atoms with E-state index in [1.54, 1.807) is 0 Å². The molecule has 0 radical (unpaired) electrons. The second-order valence-electron chi connectivity index (χ2n) is 5.36. The molecule has 2 N–H and O–H groups in total. The van der Waals surface area contributed by atoms with E-state index in [9.17, 15) is 0 Å². The second kappa shape index (κ2) is 5.75. The molecule has 0 heterocycles. The van der Waals surface area contributed by atoms with Gasteiger partial charge in [0.25, 0.3) is 0 Å². The monoisotopic (exact) mass is 197 g/mol. The topological polar surface area (TPSA) is 26.0 Å².